The molecule has 0 bridgehead atoms. The zero-order valence-electron chi connectivity index (χ0n) is 12.1. The van der Waals surface area contributed by atoms with Gasteiger partial charge in [0.25, 0.3) is 0 Å². The Bertz CT molecular complexity index is 402. The molecular formula is C14H24N4S. The lowest BCUT2D eigenvalue weighted by atomic mass is 10.0. The van der Waals surface area contributed by atoms with Gasteiger partial charge in [-0.1, -0.05) is 20.3 Å². The van der Waals surface area contributed by atoms with Crippen LogP contribution in [-0.2, 0) is 0 Å². The Morgan fingerprint density at radius 2 is 2.11 bits per heavy atom. The predicted octanol–water partition coefficient (Wildman–Crippen LogP) is 3.34. The quantitative estimate of drug-likeness (QED) is 0.866. The second-order valence-corrected chi connectivity index (χ2v) is 6.67. The van der Waals surface area contributed by atoms with Gasteiger partial charge in [0, 0.05) is 24.4 Å². The molecule has 19 heavy (non-hydrogen) atoms. The maximum Gasteiger partial charge on any atom is 0.135 e. The van der Waals surface area contributed by atoms with Crippen LogP contribution in [0, 0.1) is 0 Å². The van der Waals surface area contributed by atoms with Crippen molar-refractivity contribution in [3.8, 4) is 0 Å². The van der Waals surface area contributed by atoms with Crippen molar-refractivity contribution in [1.29, 1.82) is 0 Å². The van der Waals surface area contributed by atoms with Crippen LogP contribution in [0.5, 0.6) is 0 Å². The molecule has 1 aromatic rings. The van der Waals surface area contributed by atoms with E-state index in [1.54, 1.807) is 6.33 Å². The second-order valence-electron chi connectivity index (χ2n) is 5.26. The number of nitrogens with one attached hydrogen (secondary N) is 2. The number of thioether (sulfide) groups is 1. The van der Waals surface area contributed by atoms with Crippen LogP contribution >= 0.6 is 11.8 Å². The molecule has 1 aliphatic rings. The molecule has 4 nitrogen and oxygen atoms in total. The molecule has 1 atom stereocenters. The number of aromatic nitrogens is 2. The Morgan fingerprint density at radius 1 is 1.32 bits per heavy atom. The van der Waals surface area contributed by atoms with Gasteiger partial charge in [-0.05, 0) is 24.5 Å². The third-order valence-electron chi connectivity index (χ3n) is 3.47. The molecule has 5 heteroatoms. The summed E-state index contributed by atoms with van der Waals surface area (Å²) in [5.74, 6) is 3.63. The lowest BCUT2D eigenvalue weighted by Crippen LogP contribution is -2.21. The van der Waals surface area contributed by atoms with Crippen LogP contribution in [0.4, 0.5) is 11.6 Å². The summed E-state index contributed by atoms with van der Waals surface area (Å²) < 4.78 is 0. The Labute approximate surface area is 120 Å². The van der Waals surface area contributed by atoms with Gasteiger partial charge in [-0.25, -0.2) is 9.97 Å². The molecule has 0 amide bonds. The third kappa shape index (κ3) is 3.75. The molecule has 2 heterocycles. The molecule has 1 fully saturated rings. The van der Waals surface area contributed by atoms with Crippen molar-refractivity contribution in [3.63, 3.8) is 0 Å². The number of anilines is 2. The van der Waals surface area contributed by atoms with Crippen molar-refractivity contribution in [2.45, 2.75) is 44.3 Å². The van der Waals surface area contributed by atoms with Crippen LogP contribution in [0.25, 0.3) is 0 Å². The molecular weight excluding hydrogens is 256 g/mol. The number of hydrogen-bond donors (Lipinski definition) is 2. The van der Waals surface area contributed by atoms with Crippen molar-refractivity contribution in [2.24, 2.45) is 0 Å². The van der Waals surface area contributed by atoms with Crippen molar-refractivity contribution >= 4 is 23.4 Å². The van der Waals surface area contributed by atoms with Gasteiger partial charge >= 0.3 is 0 Å². The van der Waals surface area contributed by atoms with E-state index in [-0.39, 0.29) is 0 Å². The van der Waals surface area contributed by atoms with Crippen molar-refractivity contribution in [2.75, 3.05) is 30.0 Å². The summed E-state index contributed by atoms with van der Waals surface area (Å²) in [6.07, 6.45) is 5.68. The van der Waals surface area contributed by atoms with E-state index in [4.69, 9.17) is 0 Å². The Morgan fingerprint density at radius 3 is 2.74 bits per heavy atom. The fourth-order valence-corrected chi connectivity index (χ4v) is 3.70. The largest absolute Gasteiger partial charge is 0.373 e. The van der Waals surface area contributed by atoms with E-state index in [0.717, 1.165) is 23.4 Å². The molecule has 0 saturated carbocycles. The van der Waals surface area contributed by atoms with Gasteiger partial charge < -0.3 is 10.6 Å². The third-order valence-corrected chi connectivity index (χ3v) is 4.87. The Kier molecular flexibility index (Phi) is 5.31. The highest BCUT2D eigenvalue weighted by Crippen LogP contribution is 2.29. The first-order chi connectivity index (χ1) is 9.22. The van der Waals surface area contributed by atoms with Crippen LogP contribution in [0.15, 0.2) is 6.33 Å². The molecule has 1 unspecified atom stereocenters. The fraction of sp³-hybridized carbons (Fsp3) is 0.714. The summed E-state index contributed by atoms with van der Waals surface area (Å²) in [5.41, 5.74) is 1.19. The summed E-state index contributed by atoms with van der Waals surface area (Å²) in [6, 6.07) is 0. The van der Waals surface area contributed by atoms with E-state index in [9.17, 15) is 0 Å². The first-order valence-electron chi connectivity index (χ1n) is 7.10. The first kappa shape index (κ1) is 14.4. The van der Waals surface area contributed by atoms with Crippen LogP contribution in [0.2, 0.25) is 0 Å². The van der Waals surface area contributed by atoms with E-state index in [2.05, 4.69) is 46.2 Å². The predicted molar refractivity (Wildman–Crippen MR) is 84.3 cm³/mol. The molecule has 0 spiro atoms. The monoisotopic (exact) mass is 280 g/mol. The minimum atomic E-state index is 0.408. The zero-order valence-corrected chi connectivity index (χ0v) is 12.9. The Hall–Kier alpha value is -0.970. The highest BCUT2D eigenvalue weighted by atomic mass is 32.2. The number of hydrogen-bond acceptors (Lipinski definition) is 5. The maximum absolute atomic E-state index is 4.42. The van der Waals surface area contributed by atoms with Crippen LogP contribution in [-0.4, -0.2) is 34.6 Å². The molecule has 106 valence electrons. The zero-order chi connectivity index (χ0) is 13.7. The molecule has 0 radical (unpaired) electrons. The van der Waals surface area contributed by atoms with Gasteiger partial charge in [-0.3, -0.25) is 0 Å². The maximum atomic E-state index is 4.42. The van der Waals surface area contributed by atoms with Gasteiger partial charge in [-0.2, -0.15) is 11.8 Å². The second kappa shape index (κ2) is 6.98. The first-order valence-corrected chi connectivity index (χ1v) is 8.15. The Balaban J connectivity index is 2.06. The summed E-state index contributed by atoms with van der Waals surface area (Å²) in [6.45, 7) is 5.37. The van der Waals surface area contributed by atoms with Gasteiger partial charge in [0.1, 0.15) is 18.0 Å². The molecule has 1 aromatic heterocycles. The topological polar surface area (TPSA) is 49.8 Å². The average molecular weight is 280 g/mol. The molecule has 0 aliphatic carbocycles. The van der Waals surface area contributed by atoms with E-state index >= 15 is 0 Å². The molecule has 0 aromatic carbocycles. The molecule has 1 aliphatic heterocycles. The van der Waals surface area contributed by atoms with Crippen LogP contribution in [0.3, 0.4) is 0 Å². The summed E-state index contributed by atoms with van der Waals surface area (Å²) in [4.78, 5) is 8.73. The van der Waals surface area contributed by atoms with Gasteiger partial charge in [0.15, 0.2) is 0 Å². The van der Waals surface area contributed by atoms with E-state index in [0.29, 0.717) is 5.92 Å². The van der Waals surface area contributed by atoms with Crippen molar-refractivity contribution < 1.29 is 0 Å². The molecule has 1 saturated heterocycles. The normalized spacial score (nSPS) is 19.5. The SMILES string of the molecule is CNc1ncnc(NCC2CCCCS2)c1C(C)C. The van der Waals surface area contributed by atoms with E-state index < -0.39 is 0 Å². The minimum Gasteiger partial charge on any atom is -0.373 e. The molecule has 2 rings (SSSR count). The highest BCUT2D eigenvalue weighted by Gasteiger charge is 2.17. The van der Waals surface area contributed by atoms with E-state index in [1.165, 1.54) is 30.6 Å². The van der Waals surface area contributed by atoms with Crippen LogP contribution < -0.4 is 10.6 Å². The fourth-order valence-electron chi connectivity index (χ4n) is 2.46. The van der Waals surface area contributed by atoms with Gasteiger partial charge in [0.2, 0.25) is 0 Å². The van der Waals surface area contributed by atoms with Crippen molar-refractivity contribution in [3.05, 3.63) is 11.9 Å². The highest BCUT2D eigenvalue weighted by molar-refractivity contribution is 7.99. The van der Waals surface area contributed by atoms with E-state index in [1.807, 2.05) is 7.05 Å². The van der Waals surface area contributed by atoms with Crippen molar-refractivity contribution in [1.82, 2.24) is 9.97 Å². The lowest BCUT2D eigenvalue weighted by molar-refractivity contribution is 0.676. The van der Waals surface area contributed by atoms with Gasteiger partial charge in [-0.15, -0.1) is 0 Å². The molecule has 2 N–H and O–H groups in total. The van der Waals surface area contributed by atoms with Gasteiger partial charge in [0.05, 0.1) is 0 Å². The standard InChI is InChI=1S/C14H24N4S/c1-10(2)12-13(15-3)17-9-18-14(12)16-8-11-6-4-5-7-19-11/h9-11H,4-8H2,1-3H3,(H2,15,16,17,18). The number of rotatable bonds is 5. The summed E-state index contributed by atoms with van der Waals surface area (Å²) >= 11 is 2.09. The summed E-state index contributed by atoms with van der Waals surface area (Å²) in [7, 11) is 1.91. The lowest BCUT2D eigenvalue weighted by Gasteiger charge is -2.23. The smallest absolute Gasteiger partial charge is 0.135 e. The summed E-state index contributed by atoms with van der Waals surface area (Å²) in [5, 5.41) is 7.41. The van der Waals surface area contributed by atoms with Crippen LogP contribution in [0.1, 0.15) is 44.6 Å². The number of nitrogens with zero attached hydrogens (tertiary/aromatic N) is 2. The average Bonchev–Trinajstić information content (AvgIpc) is 2.45. The minimum absolute atomic E-state index is 0.408.